The van der Waals surface area contributed by atoms with E-state index in [-0.39, 0.29) is 17.6 Å². The van der Waals surface area contributed by atoms with Crippen LogP contribution in [0.15, 0.2) is 41.3 Å². The maximum Gasteiger partial charge on any atom is 0.267 e. The highest BCUT2D eigenvalue weighted by Gasteiger charge is 2.30. The van der Waals surface area contributed by atoms with Gasteiger partial charge in [-0.3, -0.25) is 9.52 Å². The van der Waals surface area contributed by atoms with Crippen molar-refractivity contribution in [2.45, 2.75) is 17.4 Å². The van der Waals surface area contributed by atoms with Gasteiger partial charge in [0.15, 0.2) is 4.90 Å². The van der Waals surface area contributed by atoms with Crippen LogP contribution in [0.25, 0.3) is 0 Å². The second kappa shape index (κ2) is 7.02. The first-order valence-corrected chi connectivity index (χ1v) is 10.2. The molecule has 10 heteroatoms. The first kappa shape index (κ1) is 18.6. The predicted molar refractivity (Wildman–Crippen MR) is 101 cm³/mol. The van der Waals surface area contributed by atoms with Gasteiger partial charge in [0.1, 0.15) is 11.6 Å². The van der Waals surface area contributed by atoms with Crippen molar-refractivity contribution >= 4 is 33.0 Å². The molecule has 1 atom stereocenters. The lowest BCUT2D eigenvalue weighted by molar-refractivity contribution is -0.116. The van der Waals surface area contributed by atoms with Gasteiger partial charge in [0.25, 0.3) is 10.0 Å². The van der Waals surface area contributed by atoms with Gasteiger partial charge in [-0.1, -0.05) is 6.07 Å². The number of halogens is 2. The van der Waals surface area contributed by atoms with Crippen molar-refractivity contribution in [1.29, 1.82) is 0 Å². The number of nitrogens with zero attached hydrogens (tertiary/aromatic N) is 1. The zero-order valence-corrected chi connectivity index (χ0v) is 15.5. The number of hydrogen-bond acceptors (Lipinski definition) is 5. The summed E-state index contributed by atoms with van der Waals surface area (Å²) in [6, 6.07) is 7.49. The number of hydrogen-bond donors (Lipinski definition) is 3. The predicted octanol–water partition coefficient (Wildman–Crippen LogP) is 1.89. The molecule has 1 unspecified atom stereocenters. The Morgan fingerprint density at radius 1 is 1.14 bits per heavy atom. The average Bonchev–Trinajstić information content (AvgIpc) is 2.75. The Balaban J connectivity index is 1.69. The molecular formula is C18H18F2N4O3S. The Labute approximate surface area is 160 Å². The first-order valence-electron chi connectivity index (χ1n) is 8.73. The highest BCUT2D eigenvalue weighted by atomic mass is 32.2. The minimum Gasteiger partial charge on any atom is -0.364 e. The number of anilines is 3. The van der Waals surface area contributed by atoms with Crippen LogP contribution >= 0.6 is 0 Å². The van der Waals surface area contributed by atoms with Gasteiger partial charge < -0.3 is 15.5 Å². The molecule has 4 rings (SSSR count). The van der Waals surface area contributed by atoms with Crippen molar-refractivity contribution in [3.05, 3.63) is 48.0 Å². The van der Waals surface area contributed by atoms with Gasteiger partial charge >= 0.3 is 0 Å². The third kappa shape index (κ3) is 3.40. The van der Waals surface area contributed by atoms with E-state index in [9.17, 15) is 22.0 Å². The Morgan fingerprint density at radius 2 is 1.89 bits per heavy atom. The number of nitrogens with one attached hydrogen (secondary N) is 3. The second-order valence-corrected chi connectivity index (χ2v) is 8.31. The fourth-order valence-corrected chi connectivity index (χ4v) is 4.76. The molecule has 2 aliphatic rings. The SMILES string of the molecule is O=C1CC2CNCCN2c2ccc(NS(=O)(=O)c3c(F)cccc3F)cc2N1. The number of rotatable bonds is 3. The van der Waals surface area contributed by atoms with Crippen molar-refractivity contribution in [2.24, 2.45) is 0 Å². The van der Waals surface area contributed by atoms with E-state index in [0.29, 0.717) is 25.2 Å². The first-order chi connectivity index (χ1) is 13.3. The van der Waals surface area contributed by atoms with Crippen molar-refractivity contribution in [3.8, 4) is 0 Å². The molecule has 2 heterocycles. The Morgan fingerprint density at radius 3 is 2.64 bits per heavy atom. The molecule has 2 aromatic rings. The van der Waals surface area contributed by atoms with E-state index in [0.717, 1.165) is 30.4 Å². The minimum absolute atomic E-state index is 0.00468. The smallest absolute Gasteiger partial charge is 0.267 e. The third-order valence-electron chi connectivity index (χ3n) is 4.79. The monoisotopic (exact) mass is 408 g/mol. The lowest BCUT2D eigenvalue weighted by Crippen LogP contribution is -2.51. The van der Waals surface area contributed by atoms with Gasteiger partial charge in [-0.25, -0.2) is 17.2 Å². The van der Waals surface area contributed by atoms with Crippen LogP contribution in [0.3, 0.4) is 0 Å². The molecule has 2 aliphatic heterocycles. The summed E-state index contributed by atoms with van der Waals surface area (Å²) in [7, 11) is -4.48. The van der Waals surface area contributed by atoms with E-state index in [2.05, 4.69) is 20.3 Å². The van der Waals surface area contributed by atoms with Crippen LogP contribution in [0, 0.1) is 11.6 Å². The summed E-state index contributed by atoms with van der Waals surface area (Å²) in [5.74, 6) is -2.55. The summed E-state index contributed by atoms with van der Waals surface area (Å²) in [6.45, 7) is 2.15. The molecule has 1 amide bonds. The molecule has 7 nitrogen and oxygen atoms in total. The van der Waals surface area contributed by atoms with Gasteiger partial charge in [0, 0.05) is 26.1 Å². The molecule has 148 valence electrons. The van der Waals surface area contributed by atoms with Gasteiger partial charge in [-0.15, -0.1) is 0 Å². The molecular weight excluding hydrogens is 390 g/mol. The maximum absolute atomic E-state index is 13.9. The topological polar surface area (TPSA) is 90.5 Å². The van der Waals surface area contributed by atoms with E-state index < -0.39 is 26.6 Å². The molecule has 0 aromatic heterocycles. The van der Waals surface area contributed by atoms with Crippen LogP contribution in [0.5, 0.6) is 0 Å². The average molecular weight is 408 g/mol. The van der Waals surface area contributed by atoms with Crippen LogP contribution in [-0.2, 0) is 14.8 Å². The van der Waals surface area contributed by atoms with Crippen molar-refractivity contribution in [1.82, 2.24) is 5.32 Å². The standard InChI is InChI=1S/C18H18F2N4O3S/c19-13-2-1-3-14(20)18(13)28(26,27)23-11-4-5-16-15(8-11)22-17(25)9-12-10-21-6-7-24(12)16/h1-5,8,12,21,23H,6-7,9-10H2,(H,22,25). The fourth-order valence-electron chi connectivity index (χ4n) is 3.57. The Hall–Kier alpha value is -2.72. The summed E-state index contributed by atoms with van der Waals surface area (Å²) in [4.78, 5) is 13.3. The summed E-state index contributed by atoms with van der Waals surface area (Å²) < 4.78 is 54.9. The van der Waals surface area contributed by atoms with Crippen LogP contribution < -0.4 is 20.3 Å². The molecule has 3 N–H and O–H groups in total. The highest BCUT2D eigenvalue weighted by Crippen LogP contribution is 2.35. The van der Waals surface area contributed by atoms with E-state index in [1.54, 1.807) is 6.07 Å². The normalized spacial score (nSPS) is 19.3. The highest BCUT2D eigenvalue weighted by molar-refractivity contribution is 7.92. The van der Waals surface area contributed by atoms with Gasteiger partial charge in [-0.2, -0.15) is 0 Å². The quantitative estimate of drug-likeness (QED) is 0.722. The molecule has 0 spiro atoms. The summed E-state index contributed by atoms with van der Waals surface area (Å²) >= 11 is 0. The summed E-state index contributed by atoms with van der Waals surface area (Å²) in [5, 5.41) is 6.03. The Kier molecular flexibility index (Phi) is 4.68. The third-order valence-corrected chi connectivity index (χ3v) is 6.22. The number of amides is 1. The molecule has 0 bridgehead atoms. The number of piperazine rings is 1. The number of benzene rings is 2. The van der Waals surface area contributed by atoms with Crippen molar-refractivity contribution in [2.75, 3.05) is 34.6 Å². The maximum atomic E-state index is 13.9. The van der Waals surface area contributed by atoms with Crippen molar-refractivity contribution in [3.63, 3.8) is 0 Å². The van der Waals surface area contributed by atoms with Crippen LogP contribution in [0.1, 0.15) is 6.42 Å². The lowest BCUT2D eigenvalue weighted by Gasteiger charge is -2.36. The molecule has 0 radical (unpaired) electrons. The molecule has 28 heavy (non-hydrogen) atoms. The van der Waals surface area contributed by atoms with E-state index >= 15 is 0 Å². The largest absolute Gasteiger partial charge is 0.364 e. The van der Waals surface area contributed by atoms with E-state index in [1.165, 1.54) is 12.1 Å². The fraction of sp³-hybridized carbons (Fsp3) is 0.278. The Bertz CT molecular complexity index is 1020. The second-order valence-electron chi connectivity index (χ2n) is 6.69. The van der Waals surface area contributed by atoms with E-state index in [4.69, 9.17) is 0 Å². The zero-order chi connectivity index (χ0) is 19.9. The van der Waals surface area contributed by atoms with E-state index in [1.807, 2.05) is 0 Å². The minimum atomic E-state index is -4.48. The number of fused-ring (bicyclic) bond motifs is 3. The zero-order valence-electron chi connectivity index (χ0n) is 14.7. The molecule has 0 saturated carbocycles. The van der Waals surface area contributed by atoms with Gasteiger partial charge in [-0.05, 0) is 30.3 Å². The van der Waals surface area contributed by atoms with Gasteiger partial charge in [0.2, 0.25) is 5.91 Å². The number of carbonyl (C=O) groups is 1. The lowest BCUT2D eigenvalue weighted by atomic mass is 10.1. The van der Waals surface area contributed by atoms with Crippen LogP contribution in [0.2, 0.25) is 0 Å². The molecule has 0 aliphatic carbocycles. The van der Waals surface area contributed by atoms with Gasteiger partial charge in [0.05, 0.1) is 23.1 Å². The van der Waals surface area contributed by atoms with Crippen LogP contribution in [-0.4, -0.2) is 40.0 Å². The number of sulfonamides is 1. The van der Waals surface area contributed by atoms with Crippen molar-refractivity contribution < 1.29 is 22.0 Å². The molecule has 1 fully saturated rings. The summed E-state index contributed by atoms with van der Waals surface area (Å²) in [5.41, 5.74) is 1.32. The molecule has 1 saturated heterocycles. The number of carbonyl (C=O) groups excluding carboxylic acids is 1. The summed E-state index contributed by atoms with van der Waals surface area (Å²) in [6.07, 6.45) is 0.309. The molecule has 2 aromatic carbocycles. The van der Waals surface area contributed by atoms with Crippen LogP contribution in [0.4, 0.5) is 25.8 Å².